The Bertz CT molecular complexity index is 1120. The third-order valence-corrected chi connectivity index (χ3v) is 6.46. The van der Waals surface area contributed by atoms with Crippen molar-refractivity contribution in [2.45, 2.75) is 45.1 Å². The van der Waals surface area contributed by atoms with Crippen molar-refractivity contribution in [1.29, 1.82) is 0 Å². The van der Waals surface area contributed by atoms with Crippen molar-refractivity contribution in [2.24, 2.45) is 0 Å². The van der Waals surface area contributed by atoms with Crippen LogP contribution in [0.15, 0.2) is 42.6 Å². The van der Waals surface area contributed by atoms with Gasteiger partial charge in [-0.3, -0.25) is 4.79 Å². The molecule has 1 aliphatic heterocycles. The Hall–Kier alpha value is -2.99. The van der Waals surface area contributed by atoms with E-state index in [-0.39, 0.29) is 5.91 Å². The van der Waals surface area contributed by atoms with E-state index in [1.807, 2.05) is 30.5 Å². The Labute approximate surface area is 189 Å². The molecule has 1 saturated carbocycles. The zero-order chi connectivity index (χ0) is 21.9. The number of aryl methyl sites for hydroxylation is 1. The summed E-state index contributed by atoms with van der Waals surface area (Å²) < 4.78 is 0. The number of rotatable bonds is 7. The Balaban J connectivity index is 1.30. The summed E-state index contributed by atoms with van der Waals surface area (Å²) in [7, 11) is 0. The van der Waals surface area contributed by atoms with E-state index >= 15 is 0 Å². The third kappa shape index (κ3) is 4.91. The van der Waals surface area contributed by atoms with E-state index in [9.17, 15) is 4.79 Å². The number of likely N-dealkylation sites (tertiary alicyclic amines) is 1. The molecule has 2 heterocycles. The molecule has 2 N–H and O–H groups in total. The molecule has 1 aromatic heterocycles. The van der Waals surface area contributed by atoms with Crippen LogP contribution in [0.25, 0.3) is 22.0 Å². The molecule has 6 nitrogen and oxygen atoms in total. The molecule has 32 heavy (non-hydrogen) atoms. The first kappa shape index (κ1) is 20.9. The number of nitrogens with zero attached hydrogens (tertiary/aromatic N) is 3. The zero-order valence-corrected chi connectivity index (χ0v) is 18.7. The van der Waals surface area contributed by atoms with Gasteiger partial charge in [-0.25, -0.2) is 9.97 Å². The molecule has 5 rings (SSSR count). The molecular weight excluding hydrogens is 398 g/mol. The number of nitrogens with one attached hydrogen (secondary N) is 2. The van der Waals surface area contributed by atoms with Crippen LogP contribution in [-0.2, 0) is 0 Å². The molecule has 2 aliphatic rings. The molecule has 1 amide bonds. The summed E-state index contributed by atoms with van der Waals surface area (Å²) in [6, 6.07) is 12.5. The SMILES string of the molecule is Cc1ccc(C(=O)NC2CC2)cc1-c1ccc2nc(NCCN3CCCCC3)ncc2c1. The van der Waals surface area contributed by atoms with Crippen LogP contribution >= 0.6 is 0 Å². The summed E-state index contributed by atoms with van der Waals surface area (Å²) in [4.78, 5) is 24.2. The number of aromatic nitrogens is 2. The van der Waals surface area contributed by atoms with Crippen LogP contribution in [0, 0.1) is 6.92 Å². The molecule has 3 aromatic rings. The highest BCUT2D eigenvalue weighted by atomic mass is 16.1. The van der Waals surface area contributed by atoms with Gasteiger partial charge in [0.25, 0.3) is 5.91 Å². The standard InChI is InChI=1S/C26H31N5O/c1-18-5-6-20(25(32)29-22-8-9-22)16-23(18)19-7-10-24-21(15-19)17-28-26(30-24)27-11-14-31-12-3-2-4-13-31/h5-7,10,15-17,22H,2-4,8-9,11-14H2,1H3,(H,29,32)(H,27,28,30). The van der Waals surface area contributed by atoms with Crippen LogP contribution in [0.4, 0.5) is 5.95 Å². The van der Waals surface area contributed by atoms with Crippen molar-refractivity contribution >= 4 is 22.8 Å². The van der Waals surface area contributed by atoms with Gasteiger partial charge >= 0.3 is 0 Å². The highest BCUT2D eigenvalue weighted by molar-refractivity contribution is 5.96. The lowest BCUT2D eigenvalue weighted by Gasteiger charge is -2.26. The molecule has 1 saturated heterocycles. The zero-order valence-electron chi connectivity index (χ0n) is 18.7. The molecular formula is C26H31N5O. The maximum Gasteiger partial charge on any atom is 0.251 e. The molecule has 2 aromatic carbocycles. The van der Waals surface area contributed by atoms with Gasteiger partial charge in [0.15, 0.2) is 0 Å². The van der Waals surface area contributed by atoms with Crippen LogP contribution in [0.2, 0.25) is 0 Å². The number of hydrogen-bond acceptors (Lipinski definition) is 5. The topological polar surface area (TPSA) is 70.2 Å². The summed E-state index contributed by atoms with van der Waals surface area (Å²) in [6.45, 7) is 6.37. The average molecular weight is 430 g/mol. The summed E-state index contributed by atoms with van der Waals surface area (Å²) in [6.07, 6.45) is 8.03. The van der Waals surface area contributed by atoms with E-state index in [1.54, 1.807) is 0 Å². The number of hydrogen-bond donors (Lipinski definition) is 2. The smallest absolute Gasteiger partial charge is 0.251 e. The number of fused-ring (bicyclic) bond motifs is 1. The minimum absolute atomic E-state index is 0.0122. The second-order valence-electron chi connectivity index (χ2n) is 9.07. The predicted molar refractivity (Wildman–Crippen MR) is 129 cm³/mol. The molecule has 0 unspecified atom stereocenters. The van der Waals surface area contributed by atoms with Crippen molar-refractivity contribution in [3.8, 4) is 11.1 Å². The van der Waals surface area contributed by atoms with Crippen molar-refractivity contribution in [1.82, 2.24) is 20.2 Å². The number of carbonyl (C=O) groups excluding carboxylic acids is 1. The molecule has 0 radical (unpaired) electrons. The van der Waals surface area contributed by atoms with Crippen LogP contribution in [-0.4, -0.2) is 53.0 Å². The van der Waals surface area contributed by atoms with Gasteiger partial charge in [0, 0.05) is 36.3 Å². The number of benzene rings is 2. The highest BCUT2D eigenvalue weighted by Gasteiger charge is 2.24. The monoisotopic (exact) mass is 429 g/mol. The fourth-order valence-electron chi connectivity index (χ4n) is 4.37. The van der Waals surface area contributed by atoms with E-state index in [2.05, 4.69) is 39.6 Å². The van der Waals surface area contributed by atoms with Gasteiger partial charge in [-0.2, -0.15) is 0 Å². The predicted octanol–water partition coefficient (Wildman–Crippen LogP) is 4.40. The fraction of sp³-hybridized carbons (Fsp3) is 0.423. The van der Waals surface area contributed by atoms with Gasteiger partial charge in [-0.15, -0.1) is 0 Å². The van der Waals surface area contributed by atoms with Crippen molar-refractivity contribution in [2.75, 3.05) is 31.5 Å². The second-order valence-corrected chi connectivity index (χ2v) is 9.07. The van der Waals surface area contributed by atoms with E-state index < -0.39 is 0 Å². The summed E-state index contributed by atoms with van der Waals surface area (Å²) in [5, 5.41) is 7.44. The first-order valence-corrected chi connectivity index (χ1v) is 11.8. The van der Waals surface area contributed by atoms with Crippen molar-refractivity contribution < 1.29 is 4.79 Å². The fourth-order valence-corrected chi connectivity index (χ4v) is 4.37. The molecule has 0 bridgehead atoms. The molecule has 6 heteroatoms. The van der Waals surface area contributed by atoms with Gasteiger partial charge in [0.05, 0.1) is 5.52 Å². The Morgan fingerprint density at radius 1 is 1.09 bits per heavy atom. The first-order valence-electron chi connectivity index (χ1n) is 11.8. The maximum atomic E-state index is 12.5. The Kier molecular flexibility index (Phi) is 6.04. The normalized spacial score (nSPS) is 16.8. The number of piperidine rings is 1. The van der Waals surface area contributed by atoms with Crippen LogP contribution in [0.3, 0.4) is 0 Å². The minimum atomic E-state index is 0.0122. The lowest BCUT2D eigenvalue weighted by Crippen LogP contribution is -2.33. The lowest BCUT2D eigenvalue weighted by molar-refractivity contribution is 0.0951. The largest absolute Gasteiger partial charge is 0.353 e. The molecule has 1 aliphatic carbocycles. The van der Waals surface area contributed by atoms with E-state index in [0.29, 0.717) is 17.6 Å². The summed E-state index contributed by atoms with van der Waals surface area (Å²) >= 11 is 0. The number of anilines is 1. The van der Waals surface area contributed by atoms with Gasteiger partial charge in [-0.1, -0.05) is 18.6 Å². The maximum absolute atomic E-state index is 12.5. The van der Waals surface area contributed by atoms with Crippen LogP contribution in [0.1, 0.15) is 48.0 Å². The van der Waals surface area contributed by atoms with Gasteiger partial charge < -0.3 is 15.5 Å². The number of amides is 1. The van der Waals surface area contributed by atoms with E-state index in [4.69, 9.17) is 4.98 Å². The van der Waals surface area contributed by atoms with Gasteiger partial charge in [0.2, 0.25) is 5.95 Å². The summed E-state index contributed by atoms with van der Waals surface area (Å²) in [5.41, 5.74) is 4.92. The van der Waals surface area contributed by atoms with Crippen molar-refractivity contribution in [3.05, 3.63) is 53.7 Å². The van der Waals surface area contributed by atoms with Crippen LogP contribution < -0.4 is 10.6 Å². The van der Waals surface area contributed by atoms with Gasteiger partial charge in [-0.05, 0) is 86.7 Å². The molecule has 0 atom stereocenters. The third-order valence-electron chi connectivity index (χ3n) is 6.46. The van der Waals surface area contributed by atoms with Crippen molar-refractivity contribution in [3.63, 3.8) is 0 Å². The van der Waals surface area contributed by atoms with E-state index in [0.717, 1.165) is 53.5 Å². The molecule has 166 valence electrons. The minimum Gasteiger partial charge on any atom is -0.353 e. The highest BCUT2D eigenvalue weighted by Crippen LogP contribution is 2.28. The lowest BCUT2D eigenvalue weighted by atomic mass is 9.97. The second kappa shape index (κ2) is 9.25. The number of carbonyl (C=O) groups is 1. The summed E-state index contributed by atoms with van der Waals surface area (Å²) in [5.74, 6) is 0.690. The average Bonchev–Trinajstić information content (AvgIpc) is 3.64. The van der Waals surface area contributed by atoms with E-state index in [1.165, 1.54) is 32.4 Å². The Morgan fingerprint density at radius 2 is 1.94 bits per heavy atom. The Morgan fingerprint density at radius 3 is 2.75 bits per heavy atom. The molecule has 0 spiro atoms. The first-order chi connectivity index (χ1) is 15.7. The molecule has 2 fully saturated rings. The quantitative estimate of drug-likeness (QED) is 0.583. The van der Waals surface area contributed by atoms with Crippen LogP contribution in [0.5, 0.6) is 0 Å². The van der Waals surface area contributed by atoms with Gasteiger partial charge in [0.1, 0.15) is 0 Å².